The summed E-state index contributed by atoms with van der Waals surface area (Å²) in [5.41, 5.74) is 9.02. The van der Waals surface area contributed by atoms with Crippen LogP contribution in [0, 0.1) is 0 Å². The van der Waals surface area contributed by atoms with Gasteiger partial charge in [0.2, 0.25) is 0 Å². The maximum atomic E-state index is 6.43. The predicted molar refractivity (Wildman–Crippen MR) is 260 cm³/mol. The minimum Gasteiger partial charge on any atom is -0.455 e. The summed E-state index contributed by atoms with van der Waals surface area (Å²) in [6.07, 6.45) is 0. The Morgan fingerprint density at radius 1 is 0.306 bits per heavy atom. The fraction of sp³-hybridized carbons (Fsp3) is 0. The molecule has 0 N–H and O–H groups in total. The molecule has 0 atom stereocenters. The zero-order chi connectivity index (χ0) is 40.7. The summed E-state index contributed by atoms with van der Waals surface area (Å²) in [7, 11) is 0. The van der Waals surface area contributed by atoms with Crippen LogP contribution in [0.1, 0.15) is 0 Å². The highest BCUT2D eigenvalue weighted by Gasteiger charge is 2.19. The van der Waals surface area contributed by atoms with E-state index in [-0.39, 0.29) is 0 Å². The first kappa shape index (κ1) is 34.8. The topological polar surface area (TPSA) is 51.8 Å². The summed E-state index contributed by atoms with van der Waals surface area (Å²) in [6, 6.07) is 71.2. The Kier molecular flexibility index (Phi) is 7.74. The average molecular weight is 808 g/mol. The van der Waals surface area contributed by atoms with Crippen LogP contribution >= 0.6 is 11.3 Å². The first-order valence-electron chi connectivity index (χ1n) is 20.8. The molecule has 0 radical (unpaired) electrons. The van der Waals surface area contributed by atoms with Gasteiger partial charge in [-0.3, -0.25) is 0 Å². The van der Waals surface area contributed by atoms with E-state index in [1.807, 2.05) is 72.0 Å². The maximum Gasteiger partial charge on any atom is 0.167 e. The fourth-order valence-electron chi connectivity index (χ4n) is 9.40. The summed E-state index contributed by atoms with van der Waals surface area (Å²) in [4.78, 5) is 15.2. The van der Waals surface area contributed by atoms with E-state index in [1.54, 1.807) is 0 Å². The van der Waals surface area contributed by atoms with Crippen molar-refractivity contribution in [3.05, 3.63) is 200 Å². The highest BCUT2D eigenvalue weighted by Crippen LogP contribution is 2.43. The van der Waals surface area contributed by atoms with E-state index >= 15 is 0 Å². The quantitative estimate of drug-likeness (QED) is 0.163. The number of thiophene rings is 1. The second-order valence-corrected chi connectivity index (χ2v) is 17.0. The second-order valence-electron chi connectivity index (χ2n) is 15.9. The van der Waals surface area contributed by atoms with Crippen LogP contribution in [0.15, 0.2) is 205 Å². The van der Waals surface area contributed by atoms with Crippen LogP contribution in [0.2, 0.25) is 0 Å². The molecule has 0 saturated heterocycles. The van der Waals surface area contributed by atoms with E-state index in [0.29, 0.717) is 17.5 Å². The summed E-state index contributed by atoms with van der Waals surface area (Å²) in [6.45, 7) is 0. The molecule has 0 aliphatic heterocycles. The van der Waals surface area contributed by atoms with Gasteiger partial charge in [0.25, 0.3) is 0 Å². The number of rotatable bonds is 5. The molecule has 3 aromatic heterocycles. The SMILES string of the molecule is c1ccc(-c2nc(-c3ccc(-c4cccc5sc6ccc(-c7ccc8c9ccccc9c9ccccc9c8c7)cc6c45)cc3)nc(-c3cccc4c3oc3ccccc34)n2)cc1. The molecule has 288 valence electrons. The smallest absolute Gasteiger partial charge is 0.167 e. The Hall–Kier alpha value is -7.99. The highest BCUT2D eigenvalue weighted by molar-refractivity contribution is 7.26. The third kappa shape index (κ3) is 5.49. The van der Waals surface area contributed by atoms with Crippen LogP contribution < -0.4 is 0 Å². The molecule has 0 saturated carbocycles. The molecule has 13 rings (SSSR count). The predicted octanol–water partition coefficient (Wildman–Crippen LogP) is 15.9. The molecule has 0 aliphatic rings. The second kappa shape index (κ2) is 13.8. The third-order valence-corrected chi connectivity index (χ3v) is 13.5. The van der Waals surface area contributed by atoms with Gasteiger partial charge < -0.3 is 4.42 Å². The van der Waals surface area contributed by atoms with Gasteiger partial charge in [0, 0.05) is 42.1 Å². The Morgan fingerprint density at radius 3 is 1.56 bits per heavy atom. The van der Waals surface area contributed by atoms with Gasteiger partial charge in [-0.05, 0) is 91.0 Å². The van der Waals surface area contributed by atoms with Crippen molar-refractivity contribution in [1.82, 2.24) is 15.0 Å². The lowest BCUT2D eigenvalue weighted by atomic mass is 9.91. The standard InChI is InChI=1S/C57H33N3OS/c1-2-12-35(13-3-1)55-58-56(60-57(59-55)47-21-10-20-46-45-18-8-9-22-50(45)61-54(46)47)36-26-24-34(25-27-36)39-19-11-23-52-53(39)49-33-38(29-31-51(49)62-52)37-28-30-44-42-16-5-4-14-40(42)41-15-6-7-17-43(41)48(44)32-37/h1-33H. The summed E-state index contributed by atoms with van der Waals surface area (Å²) < 4.78 is 8.97. The Labute approximate surface area is 360 Å². The van der Waals surface area contributed by atoms with Gasteiger partial charge in [0.15, 0.2) is 17.5 Å². The van der Waals surface area contributed by atoms with E-state index in [4.69, 9.17) is 19.4 Å². The lowest BCUT2D eigenvalue weighted by Crippen LogP contribution is -2.00. The molecule has 0 fully saturated rings. The Balaban J connectivity index is 0.920. The van der Waals surface area contributed by atoms with Crippen molar-refractivity contribution in [3.8, 4) is 56.4 Å². The molecule has 62 heavy (non-hydrogen) atoms. The molecule has 0 bridgehead atoms. The number of nitrogens with zero attached hydrogens (tertiary/aromatic N) is 3. The maximum absolute atomic E-state index is 6.43. The Bertz CT molecular complexity index is 3890. The van der Waals surface area contributed by atoms with Gasteiger partial charge in [-0.2, -0.15) is 0 Å². The van der Waals surface area contributed by atoms with Gasteiger partial charge in [0.05, 0.1) is 5.56 Å². The average Bonchev–Trinajstić information content (AvgIpc) is 3.93. The van der Waals surface area contributed by atoms with Gasteiger partial charge in [0.1, 0.15) is 11.2 Å². The first-order chi connectivity index (χ1) is 30.7. The van der Waals surface area contributed by atoms with E-state index < -0.39 is 0 Å². The summed E-state index contributed by atoms with van der Waals surface area (Å²) in [5.74, 6) is 1.79. The highest BCUT2D eigenvalue weighted by atomic mass is 32.1. The number of furan rings is 1. The van der Waals surface area contributed by atoms with E-state index in [9.17, 15) is 0 Å². The number of benzene rings is 10. The van der Waals surface area contributed by atoms with Crippen LogP contribution in [0.3, 0.4) is 0 Å². The third-order valence-electron chi connectivity index (χ3n) is 12.3. The zero-order valence-electron chi connectivity index (χ0n) is 33.2. The minimum absolute atomic E-state index is 0.570. The molecule has 0 aliphatic carbocycles. The first-order valence-corrected chi connectivity index (χ1v) is 21.7. The molecule has 0 unspecified atom stereocenters. The van der Waals surface area contributed by atoms with Crippen molar-refractivity contribution < 1.29 is 4.42 Å². The van der Waals surface area contributed by atoms with Crippen molar-refractivity contribution in [1.29, 1.82) is 0 Å². The fourth-order valence-corrected chi connectivity index (χ4v) is 10.5. The lowest BCUT2D eigenvalue weighted by molar-refractivity contribution is 0.669. The van der Waals surface area contributed by atoms with Gasteiger partial charge in [-0.25, -0.2) is 15.0 Å². The minimum atomic E-state index is 0.570. The number of aromatic nitrogens is 3. The largest absolute Gasteiger partial charge is 0.455 e. The van der Waals surface area contributed by atoms with Gasteiger partial charge >= 0.3 is 0 Å². The van der Waals surface area contributed by atoms with Crippen molar-refractivity contribution >= 4 is 85.8 Å². The summed E-state index contributed by atoms with van der Waals surface area (Å²) in [5, 5.41) is 12.3. The molecule has 0 spiro atoms. The van der Waals surface area contributed by atoms with Crippen molar-refractivity contribution in [2.75, 3.05) is 0 Å². The van der Waals surface area contributed by atoms with E-state index in [0.717, 1.165) is 44.2 Å². The molecule has 4 nitrogen and oxygen atoms in total. The molecule has 0 amide bonds. The normalized spacial score (nSPS) is 11.9. The van der Waals surface area contributed by atoms with Crippen molar-refractivity contribution in [2.45, 2.75) is 0 Å². The molecule has 5 heteroatoms. The van der Waals surface area contributed by atoms with Gasteiger partial charge in [-0.15, -0.1) is 11.3 Å². The van der Waals surface area contributed by atoms with Crippen molar-refractivity contribution in [3.63, 3.8) is 0 Å². The monoisotopic (exact) mass is 807 g/mol. The van der Waals surface area contributed by atoms with Crippen LogP contribution in [0.5, 0.6) is 0 Å². The van der Waals surface area contributed by atoms with Crippen LogP contribution in [0.4, 0.5) is 0 Å². The lowest BCUT2D eigenvalue weighted by Gasteiger charge is -2.12. The van der Waals surface area contributed by atoms with Gasteiger partial charge in [-0.1, -0.05) is 164 Å². The van der Waals surface area contributed by atoms with Crippen molar-refractivity contribution in [2.24, 2.45) is 0 Å². The molecular formula is C57H33N3OS. The van der Waals surface area contributed by atoms with Crippen LogP contribution in [0.25, 0.3) is 131 Å². The molecule has 13 aromatic rings. The summed E-state index contributed by atoms with van der Waals surface area (Å²) >= 11 is 1.85. The number of para-hydroxylation sites is 2. The molecule has 10 aromatic carbocycles. The van der Waals surface area contributed by atoms with Crippen LogP contribution in [-0.2, 0) is 0 Å². The number of hydrogen-bond donors (Lipinski definition) is 0. The number of hydrogen-bond acceptors (Lipinski definition) is 5. The Morgan fingerprint density at radius 2 is 0.823 bits per heavy atom. The number of fused-ring (bicyclic) bond motifs is 12. The van der Waals surface area contributed by atoms with Crippen LogP contribution in [-0.4, -0.2) is 15.0 Å². The van der Waals surface area contributed by atoms with E-state index in [2.05, 4.69) is 140 Å². The molecular weight excluding hydrogens is 775 g/mol. The zero-order valence-corrected chi connectivity index (χ0v) is 34.0. The van der Waals surface area contributed by atoms with E-state index in [1.165, 1.54) is 69.2 Å². The molecule has 3 heterocycles.